The van der Waals surface area contributed by atoms with E-state index in [-0.39, 0.29) is 28.4 Å². The van der Waals surface area contributed by atoms with Crippen molar-refractivity contribution in [2.75, 3.05) is 0 Å². The van der Waals surface area contributed by atoms with Gasteiger partial charge in [-0.2, -0.15) is 5.26 Å². The lowest BCUT2D eigenvalue weighted by Gasteiger charge is -2.28. The molecule has 1 N–H and O–H groups in total. The van der Waals surface area contributed by atoms with E-state index in [1.54, 1.807) is 12.1 Å². The molecule has 0 saturated heterocycles. The normalized spacial score (nSPS) is 12.3. The third kappa shape index (κ3) is 4.44. The number of nitrogens with zero attached hydrogens (tertiary/aromatic N) is 2. The molecule has 0 amide bonds. The van der Waals surface area contributed by atoms with Gasteiger partial charge in [0.25, 0.3) is 0 Å². The molecule has 2 rings (SSSR count). The number of aromatic hydroxyl groups is 1. The SMILES string of the molecule is CC(C)n1cc(SC#N)c(C(=O)c2cc(C(C)(C)C)c(O)c(C(C)(C)C)c2)c1. The number of carbonyl (C=O) groups excluding carboxylic acids is 1. The zero-order valence-corrected chi connectivity index (χ0v) is 18.9. The topological polar surface area (TPSA) is 66.0 Å². The van der Waals surface area contributed by atoms with E-state index in [1.165, 1.54) is 0 Å². The molecule has 0 atom stereocenters. The molecule has 1 aromatic carbocycles. The number of phenols is 1. The van der Waals surface area contributed by atoms with Crippen molar-refractivity contribution in [3.63, 3.8) is 0 Å². The molecule has 0 aliphatic carbocycles. The summed E-state index contributed by atoms with van der Waals surface area (Å²) in [5.74, 6) is 0.121. The highest BCUT2D eigenvalue weighted by atomic mass is 32.2. The van der Waals surface area contributed by atoms with Crippen LogP contribution >= 0.6 is 11.8 Å². The second kappa shape index (κ2) is 7.67. The number of rotatable bonds is 4. The zero-order valence-electron chi connectivity index (χ0n) is 18.0. The minimum absolute atomic E-state index is 0.131. The first-order valence-electron chi connectivity index (χ1n) is 9.47. The molecule has 150 valence electrons. The van der Waals surface area contributed by atoms with Gasteiger partial charge in [0.1, 0.15) is 11.2 Å². The Morgan fingerprint density at radius 1 is 1.07 bits per heavy atom. The molecule has 0 bridgehead atoms. The largest absolute Gasteiger partial charge is 0.507 e. The van der Waals surface area contributed by atoms with Crippen molar-refractivity contribution in [3.8, 4) is 11.2 Å². The summed E-state index contributed by atoms with van der Waals surface area (Å²) in [4.78, 5) is 14.1. The van der Waals surface area contributed by atoms with E-state index in [2.05, 4.69) is 5.40 Å². The summed E-state index contributed by atoms with van der Waals surface area (Å²) >= 11 is 1.00. The van der Waals surface area contributed by atoms with Crippen LogP contribution in [0.25, 0.3) is 0 Å². The van der Waals surface area contributed by atoms with Gasteiger partial charge in [-0.1, -0.05) is 41.5 Å². The summed E-state index contributed by atoms with van der Waals surface area (Å²) in [7, 11) is 0. The molecule has 0 spiro atoms. The lowest BCUT2D eigenvalue weighted by Crippen LogP contribution is -2.19. The van der Waals surface area contributed by atoms with Crippen molar-refractivity contribution in [2.24, 2.45) is 0 Å². The number of benzene rings is 1. The summed E-state index contributed by atoms with van der Waals surface area (Å²) in [5, 5.41) is 22.1. The van der Waals surface area contributed by atoms with Crippen LogP contribution in [0.4, 0.5) is 0 Å². The molecule has 1 heterocycles. The Balaban J connectivity index is 2.72. The first-order valence-corrected chi connectivity index (χ1v) is 10.3. The maximum Gasteiger partial charge on any atom is 0.195 e. The maximum atomic E-state index is 13.4. The summed E-state index contributed by atoms with van der Waals surface area (Å²) in [5.41, 5.74) is 1.94. The molecular formula is C23H30N2O2S. The number of phenolic OH excluding ortho intramolecular Hbond substituents is 1. The lowest BCUT2D eigenvalue weighted by molar-refractivity contribution is 0.103. The Bertz CT molecular complexity index is 900. The molecule has 0 fully saturated rings. The highest BCUT2D eigenvalue weighted by Gasteiger charge is 2.29. The van der Waals surface area contributed by atoms with Crippen LogP contribution in [0, 0.1) is 10.7 Å². The van der Waals surface area contributed by atoms with Crippen molar-refractivity contribution in [1.82, 2.24) is 4.57 Å². The lowest BCUT2D eigenvalue weighted by atomic mass is 9.78. The summed E-state index contributed by atoms with van der Waals surface area (Å²) < 4.78 is 1.95. The molecular weight excluding hydrogens is 368 g/mol. The van der Waals surface area contributed by atoms with E-state index in [4.69, 9.17) is 5.26 Å². The van der Waals surface area contributed by atoms with Gasteiger partial charge in [0.2, 0.25) is 0 Å². The van der Waals surface area contributed by atoms with Gasteiger partial charge >= 0.3 is 0 Å². The van der Waals surface area contributed by atoms with E-state index in [1.807, 2.05) is 72.4 Å². The molecule has 0 unspecified atom stereocenters. The second-order valence-electron chi connectivity index (χ2n) is 9.52. The predicted octanol–water partition coefficient (Wildman–Crippen LogP) is 6.17. The standard InChI is InChI=1S/C23H30N2O2S/c1-14(2)25-11-16(19(12-25)28-13-24)20(26)15-9-17(22(3,4)5)21(27)18(10-15)23(6,7)8/h9-12,14,27H,1-8H3. The summed E-state index contributed by atoms with van der Waals surface area (Å²) in [6, 6.07) is 3.77. The summed E-state index contributed by atoms with van der Waals surface area (Å²) in [6.45, 7) is 16.2. The first kappa shape index (κ1) is 22.1. The number of thioether (sulfide) groups is 1. The van der Waals surface area contributed by atoms with Crippen LogP contribution in [0.2, 0.25) is 0 Å². The third-order valence-corrected chi connectivity index (χ3v) is 5.43. The fourth-order valence-corrected chi connectivity index (χ4v) is 3.65. The molecule has 5 heteroatoms. The molecule has 1 aromatic heterocycles. The third-order valence-electron chi connectivity index (χ3n) is 4.79. The number of aromatic nitrogens is 1. The van der Waals surface area contributed by atoms with Crippen molar-refractivity contribution in [3.05, 3.63) is 46.8 Å². The van der Waals surface area contributed by atoms with Crippen LogP contribution in [0.1, 0.15) is 88.5 Å². The van der Waals surface area contributed by atoms with Gasteiger partial charge < -0.3 is 9.67 Å². The van der Waals surface area contributed by atoms with Crippen molar-refractivity contribution in [2.45, 2.75) is 77.2 Å². The van der Waals surface area contributed by atoms with Crippen LogP contribution in [-0.2, 0) is 10.8 Å². The number of thiocyanates is 1. The molecule has 4 nitrogen and oxygen atoms in total. The summed E-state index contributed by atoms with van der Waals surface area (Å²) in [6.07, 6.45) is 3.66. The van der Waals surface area contributed by atoms with E-state index in [0.29, 0.717) is 16.0 Å². The molecule has 0 aliphatic heterocycles. The maximum absolute atomic E-state index is 13.4. The smallest absolute Gasteiger partial charge is 0.195 e. The van der Waals surface area contributed by atoms with Gasteiger partial charge in [-0.3, -0.25) is 4.79 Å². The Hall–Kier alpha value is -2.19. The van der Waals surface area contributed by atoms with Gasteiger partial charge in [0.05, 0.1) is 10.5 Å². The first-order chi connectivity index (χ1) is 12.8. The van der Waals surface area contributed by atoms with Crippen molar-refractivity contribution in [1.29, 1.82) is 5.26 Å². The Morgan fingerprint density at radius 2 is 1.57 bits per heavy atom. The fourth-order valence-electron chi connectivity index (χ4n) is 3.12. The molecule has 0 saturated carbocycles. The van der Waals surface area contributed by atoms with Gasteiger partial charge in [-0.25, -0.2) is 0 Å². The van der Waals surface area contributed by atoms with Crippen LogP contribution in [0.3, 0.4) is 0 Å². The average molecular weight is 399 g/mol. The number of nitriles is 1. The number of ketones is 1. The van der Waals surface area contributed by atoms with Crippen LogP contribution in [0.15, 0.2) is 29.4 Å². The van der Waals surface area contributed by atoms with E-state index >= 15 is 0 Å². The van der Waals surface area contributed by atoms with Gasteiger partial charge in [-0.15, -0.1) is 0 Å². The van der Waals surface area contributed by atoms with Crippen LogP contribution < -0.4 is 0 Å². The monoisotopic (exact) mass is 398 g/mol. The quantitative estimate of drug-likeness (QED) is 0.380. The highest BCUT2D eigenvalue weighted by Crippen LogP contribution is 2.40. The van der Waals surface area contributed by atoms with E-state index in [0.717, 1.165) is 22.9 Å². The van der Waals surface area contributed by atoms with E-state index in [9.17, 15) is 9.90 Å². The number of hydrogen-bond donors (Lipinski definition) is 1. The molecule has 0 aliphatic rings. The van der Waals surface area contributed by atoms with Crippen LogP contribution in [0.5, 0.6) is 5.75 Å². The minimum atomic E-state index is -0.311. The van der Waals surface area contributed by atoms with Gasteiger partial charge in [0, 0.05) is 35.1 Å². The Morgan fingerprint density at radius 3 is 1.96 bits per heavy atom. The van der Waals surface area contributed by atoms with Gasteiger partial charge in [-0.05, 0) is 48.6 Å². The van der Waals surface area contributed by atoms with E-state index < -0.39 is 0 Å². The molecule has 2 aromatic rings. The number of hydrogen-bond acceptors (Lipinski definition) is 4. The fraction of sp³-hybridized carbons (Fsp3) is 0.478. The predicted molar refractivity (Wildman–Crippen MR) is 115 cm³/mol. The average Bonchev–Trinajstić information content (AvgIpc) is 2.97. The highest BCUT2D eigenvalue weighted by molar-refractivity contribution is 8.03. The van der Waals surface area contributed by atoms with Crippen molar-refractivity contribution >= 4 is 17.5 Å². The van der Waals surface area contributed by atoms with Gasteiger partial charge in [0.15, 0.2) is 5.78 Å². The Labute approximate surface area is 172 Å². The number of carbonyl (C=O) groups is 1. The molecule has 0 radical (unpaired) electrons. The second-order valence-corrected chi connectivity index (χ2v) is 10.3. The minimum Gasteiger partial charge on any atom is -0.507 e. The zero-order chi connectivity index (χ0) is 21.4. The Kier molecular flexibility index (Phi) is 6.06. The van der Waals surface area contributed by atoms with Crippen LogP contribution in [-0.4, -0.2) is 15.5 Å². The molecule has 28 heavy (non-hydrogen) atoms. The van der Waals surface area contributed by atoms with Crippen molar-refractivity contribution < 1.29 is 9.90 Å².